The van der Waals surface area contributed by atoms with Gasteiger partial charge in [0.2, 0.25) is 5.43 Å². The third-order valence-electron chi connectivity index (χ3n) is 3.56. The van der Waals surface area contributed by atoms with Crippen LogP contribution in [0.1, 0.15) is 44.7 Å². The number of rotatable bonds is 6. The number of unbranched alkanes of at least 4 members (excludes halogenated alkanes) is 4. The molecule has 0 atom stereocenters. The van der Waals surface area contributed by atoms with Gasteiger partial charge in [0, 0.05) is 5.52 Å². The lowest BCUT2D eigenvalue weighted by Crippen LogP contribution is -2.07. The van der Waals surface area contributed by atoms with E-state index in [-0.39, 0.29) is 11.5 Å². The monoisotopic (exact) mass is 275 g/mol. The number of aromatic amines is 1. The fourth-order valence-corrected chi connectivity index (χ4v) is 2.40. The molecule has 4 heteroatoms. The molecular formula is C16H21NO3. The van der Waals surface area contributed by atoms with Crippen LogP contribution in [0.3, 0.4) is 0 Å². The number of fused-ring (bicyclic) bond motifs is 1. The number of hydrogen-bond donors (Lipinski definition) is 3. The van der Waals surface area contributed by atoms with Crippen LogP contribution < -0.4 is 5.43 Å². The molecule has 2 rings (SSSR count). The summed E-state index contributed by atoms with van der Waals surface area (Å²) < 4.78 is 0. The van der Waals surface area contributed by atoms with E-state index in [0.29, 0.717) is 23.0 Å². The summed E-state index contributed by atoms with van der Waals surface area (Å²) in [6.07, 6.45) is 6.32. The summed E-state index contributed by atoms with van der Waals surface area (Å²) in [4.78, 5) is 15.1. The predicted octanol–water partition coefficient (Wildman–Crippen LogP) is 3.45. The third kappa shape index (κ3) is 3.13. The van der Waals surface area contributed by atoms with Gasteiger partial charge in [0.25, 0.3) is 0 Å². The number of hydrogen-bond acceptors (Lipinski definition) is 3. The van der Waals surface area contributed by atoms with E-state index in [4.69, 9.17) is 0 Å². The molecule has 2 aromatic rings. The van der Waals surface area contributed by atoms with Crippen LogP contribution in [0, 0.1) is 0 Å². The average molecular weight is 275 g/mol. The van der Waals surface area contributed by atoms with Crippen molar-refractivity contribution in [3.05, 3.63) is 34.1 Å². The molecule has 3 N–H and O–H groups in total. The van der Waals surface area contributed by atoms with Crippen molar-refractivity contribution < 1.29 is 10.2 Å². The first-order chi connectivity index (χ1) is 9.63. The molecule has 0 saturated carbocycles. The van der Waals surface area contributed by atoms with Crippen LogP contribution in [0.15, 0.2) is 23.0 Å². The zero-order valence-corrected chi connectivity index (χ0v) is 11.8. The molecule has 0 radical (unpaired) electrons. The number of aryl methyl sites for hydroxylation is 1. The molecule has 0 fully saturated rings. The van der Waals surface area contributed by atoms with Crippen LogP contribution in [0.5, 0.6) is 11.5 Å². The smallest absolute Gasteiger partial charge is 0.231 e. The van der Waals surface area contributed by atoms with E-state index in [1.54, 1.807) is 6.07 Å². The molecule has 0 aliphatic heterocycles. The van der Waals surface area contributed by atoms with E-state index < -0.39 is 5.43 Å². The van der Waals surface area contributed by atoms with Crippen molar-refractivity contribution in [1.29, 1.82) is 0 Å². The minimum atomic E-state index is -0.418. The van der Waals surface area contributed by atoms with Crippen LogP contribution in [-0.4, -0.2) is 15.2 Å². The van der Waals surface area contributed by atoms with E-state index in [1.165, 1.54) is 31.4 Å². The molecule has 4 nitrogen and oxygen atoms in total. The van der Waals surface area contributed by atoms with Crippen LogP contribution in [0.25, 0.3) is 10.9 Å². The highest BCUT2D eigenvalue weighted by atomic mass is 16.3. The maximum absolute atomic E-state index is 12.1. The SMILES string of the molecule is CCCCCCCc1[nH]c2ccc(O)cc2c(=O)c1O. The second-order valence-corrected chi connectivity index (χ2v) is 5.18. The molecule has 0 unspecified atom stereocenters. The van der Waals surface area contributed by atoms with Crippen molar-refractivity contribution in [1.82, 2.24) is 4.98 Å². The summed E-state index contributed by atoms with van der Waals surface area (Å²) in [5, 5.41) is 19.7. The van der Waals surface area contributed by atoms with Crippen molar-refractivity contribution in [3.8, 4) is 11.5 Å². The number of phenolic OH excluding ortho intramolecular Hbond substituents is 1. The van der Waals surface area contributed by atoms with Gasteiger partial charge >= 0.3 is 0 Å². The van der Waals surface area contributed by atoms with Gasteiger partial charge in [-0.15, -0.1) is 0 Å². The molecule has 0 aliphatic rings. The fraction of sp³-hybridized carbons (Fsp3) is 0.438. The van der Waals surface area contributed by atoms with Gasteiger partial charge in [-0.3, -0.25) is 4.79 Å². The quantitative estimate of drug-likeness (QED) is 0.707. The Kier molecular flexibility index (Phi) is 4.66. The minimum absolute atomic E-state index is 0.0229. The lowest BCUT2D eigenvalue weighted by Gasteiger charge is -2.07. The van der Waals surface area contributed by atoms with E-state index in [0.717, 1.165) is 12.8 Å². The summed E-state index contributed by atoms with van der Waals surface area (Å²) in [5.41, 5.74) is 0.817. The summed E-state index contributed by atoms with van der Waals surface area (Å²) in [7, 11) is 0. The molecular weight excluding hydrogens is 254 g/mol. The Morgan fingerprint density at radius 2 is 1.85 bits per heavy atom. The maximum Gasteiger partial charge on any atom is 0.231 e. The summed E-state index contributed by atoms with van der Waals surface area (Å²) in [5.74, 6) is -0.201. The first-order valence-corrected chi connectivity index (χ1v) is 7.20. The van der Waals surface area contributed by atoms with Crippen molar-refractivity contribution in [2.75, 3.05) is 0 Å². The van der Waals surface area contributed by atoms with Gasteiger partial charge in [0.15, 0.2) is 5.75 Å². The average Bonchev–Trinajstić information content (AvgIpc) is 2.44. The van der Waals surface area contributed by atoms with Crippen molar-refractivity contribution in [2.45, 2.75) is 45.4 Å². The number of aromatic nitrogens is 1. The number of nitrogens with one attached hydrogen (secondary N) is 1. The highest BCUT2D eigenvalue weighted by Crippen LogP contribution is 2.21. The van der Waals surface area contributed by atoms with Crippen molar-refractivity contribution >= 4 is 10.9 Å². The summed E-state index contributed by atoms with van der Waals surface area (Å²) in [6.45, 7) is 2.17. The normalized spacial score (nSPS) is 11.1. The lowest BCUT2D eigenvalue weighted by molar-refractivity contribution is 0.458. The zero-order chi connectivity index (χ0) is 14.5. The number of aromatic hydroxyl groups is 2. The first-order valence-electron chi connectivity index (χ1n) is 7.20. The summed E-state index contributed by atoms with van der Waals surface area (Å²) in [6, 6.07) is 4.56. The molecule has 0 aliphatic carbocycles. The predicted molar refractivity (Wildman–Crippen MR) is 80.4 cm³/mol. The van der Waals surface area contributed by atoms with Crippen LogP contribution in [0.2, 0.25) is 0 Å². The Hall–Kier alpha value is -1.97. The Morgan fingerprint density at radius 3 is 2.60 bits per heavy atom. The molecule has 0 saturated heterocycles. The molecule has 108 valence electrons. The second-order valence-electron chi connectivity index (χ2n) is 5.18. The lowest BCUT2D eigenvalue weighted by atomic mass is 10.1. The topological polar surface area (TPSA) is 73.3 Å². The molecule has 1 heterocycles. The van der Waals surface area contributed by atoms with Gasteiger partial charge in [-0.2, -0.15) is 0 Å². The van der Waals surface area contributed by atoms with Crippen molar-refractivity contribution in [2.24, 2.45) is 0 Å². The van der Waals surface area contributed by atoms with Gasteiger partial charge in [0.1, 0.15) is 5.75 Å². The van der Waals surface area contributed by atoms with Crippen LogP contribution >= 0.6 is 0 Å². The van der Waals surface area contributed by atoms with Gasteiger partial charge < -0.3 is 15.2 Å². The van der Waals surface area contributed by atoms with Gasteiger partial charge in [-0.1, -0.05) is 32.6 Å². The van der Waals surface area contributed by atoms with Crippen LogP contribution in [-0.2, 0) is 6.42 Å². The van der Waals surface area contributed by atoms with Gasteiger partial charge in [-0.25, -0.2) is 0 Å². The van der Waals surface area contributed by atoms with Gasteiger partial charge in [-0.05, 0) is 31.0 Å². The first kappa shape index (κ1) is 14.4. The molecule has 0 bridgehead atoms. The highest BCUT2D eigenvalue weighted by molar-refractivity contribution is 5.81. The Morgan fingerprint density at radius 1 is 1.10 bits per heavy atom. The minimum Gasteiger partial charge on any atom is -0.508 e. The molecule has 0 spiro atoms. The molecule has 20 heavy (non-hydrogen) atoms. The second kappa shape index (κ2) is 6.46. The van der Waals surface area contributed by atoms with Gasteiger partial charge in [0.05, 0.1) is 11.1 Å². The largest absolute Gasteiger partial charge is 0.508 e. The fourth-order valence-electron chi connectivity index (χ4n) is 2.40. The molecule has 1 aromatic carbocycles. The molecule has 1 aromatic heterocycles. The third-order valence-corrected chi connectivity index (χ3v) is 3.56. The Labute approximate surface area is 118 Å². The zero-order valence-electron chi connectivity index (χ0n) is 11.8. The van der Waals surface area contributed by atoms with E-state index in [9.17, 15) is 15.0 Å². The maximum atomic E-state index is 12.1. The standard InChI is InChI=1S/C16H21NO3/c1-2-3-4-5-6-7-14-16(20)15(19)12-10-11(18)8-9-13(12)17-14/h8-10,18,20H,2-7H2,1H3,(H,17,19). The van der Waals surface area contributed by atoms with E-state index >= 15 is 0 Å². The van der Waals surface area contributed by atoms with E-state index in [1.807, 2.05) is 0 Å². The summed E-state index contributed by atoms with van der Waals surface area (Å²) >= 11 is 0. The number of phenols is 1. The highest BCUT2D eigenvalue weighted by Gasteiger charge is 2.11. The van der Waals surface area contributed by atoms with Crippen LogP contribution in [0.4, 0.5) is 0 Å². The Bertz CT molecular complexity index is 646. The van der Waals surface area contributed by atoms with E-state index in [2.05, 4.69) is 11.9 Å². The number of benzene rings is 1. The Balaban J connectivity index is 2.20. The number of pyridine rings is 1. The number of H-pyrrole nitrogens is 1. The van der Waals surface area contributed by atoms with Crippen molar-refractivity contribution in [3.63, 3.8) is 0 Å². The molecule has 0 amide bonds.